The second-order valence-corrected chi connectivity index (χ2v) is 11.3. The van der Waals surface area contributed by atoms with Crippen molar-refractivity contribution >= 4 is 45.6 Å². The van der Waals surface area contributed by atoms with Crippen molar-refractivity contribution in [1.29, 1.82) is 0 Å². The van der Waals surface area contributed by atoms with Gasteiger partial charge in [0, 0.05) is 6.42 Å². The minimum absolute atomic E-state index is 0.0644. The SMILES string of the molecule is [B]Cc1cc(C[B])c(C[B])c(C(=O)OC23CC4CC(C2)CC(OC(=O)C(F)S(=O)(=O)O)(C4)C3)c1. The highest BCUT2D eigenvalue weighted by Crippen LogP contribution is 2.60. The van der Waals surface area contributed by atoms with Crippen LogP contribution in [0.1, 0.15) is 65.6 Å². The standard InChI is InChI=1S/C22H24B3FO7S/c23-8-12-2-15(9-24)17(10-25)16(3-12)19(27)32-21-4-13-1-14(5-21)7-22(6-13,11-21)33-20(28)18(26)34(29,30)31/h2-3,13-14,18H,1,4-11H2,(H,29,30,31). The average Bonchev–Trinajstić information content (AvgIpc) is 2.75. The number of ether oxygens (including phenoxy) is 2. The summed E-state index contributed by atoms with van der Waals surface area (Å²) in [7, 11) is 12.3. The molecule has 12 heteroatoms. The third-order valence-electron chi connectivity index (χ3n) is 7.31. The zero-order valence-electron chi connectivity index (χ0n) is 18.7. The van der Waals surface area contributed by atoms with E-state index in [1.54, 1.807) is 12.1 Å². The van der Waals surface area contributed by atoms with Crippen LogP contribution in [0.15, 0.2) is 12.1 Å². The summed E-state index contributed by atoms with van der Waals surface area (Å²) in [6.07, 6.45) is 3.38. The summed E-state index contributed by atoms with van der Waals surface area (Å²) in [4.78, 5) is 25.5. The molecule has 176 valence electrons. The van der Waals surface area contributed by atoms with E-state index < -0.39 is 38.8 Å². The Hall–Kier alpha value is -1.81. The van der Waals surface area contributed by atoms with Crippen molar-refractivity contribution in [3.63, 3.8) is 0 Å². The molecule has 0 aromatic heterocycles. The molecule has 4 aliphatic rings. The zero-order valence-corrected chi connectivity index (χ0v) is 19.5. The highest BCUT2D eigenvalue weighted by atomic mass is 32.2. The van der Waals surface area contributed by atoms with E-state index in [2.05, 4.69) is 0 Å². The summed E-state index contributed by atoms with van der Waals surface area (Å²) >= 11 is 0. The van der Waals surface area contributed by atoms with Crippen molar-refractivity contribution in [2.45, 2.75) is 74.2 Å². The topological polar surface area (TPSA) is 107 Å². The minimum Gasteiger partial charge on any atom is -0.456 e. The lowest BCUT2D eigenvalue weighted by atomic mass is 9.52. The highest BCUT2D eigenvalue weighted by molar-refractivity contribution is 7.87. The molecule has 0 amide bonds. The smallest absolute Gasteiger partial charge is 0.359 e. The number of alkyl halides is 1. The molecular weight excluding hydrogens is 460 g/mol. The second kappa shape index (κ2) is 9.01. The van der Waals surface area contributed by atoms with Crippen molar-refractivity contribution < 1.29 is 36.4 Å². The fraction of sp³-hybridized carbons (Fsp3) is 0.636. The van der Waals surface area contributed by atoms with Crippen LogP contribution in [0.2, 0.25) is 0 Å². The van der Waals surface area contributed by atoms with Crippen molar-refractivity contribution in [2.24, 2.45) is 11.8 Å². The summed E-state index contributed by atoms with van der Waals surface area (Å²) in [6.45, 7) is 0. The molecule has 1 N–H and O–H groups in total. The van der Waals surface area contributed by atoms with Crippen LogP contribution < -0.4 is 0 Å². The van der Waals surface area contributed by atoms with Crippen molar-refractivity contribution in [2.75, 3.05) is 0 Å². The molecule has 5 rings (SSSR count). The fourth-order valence-electron chi connectivity index (χ4n) is 6.49. The third-order valence-corrected chi connectivity index (χ3v) is 8.02. The Labute approximate surface area is 202 Å². The number of hydrogen-bond acceptors (Lipinski definition) is 6. The van der Waals surface area contributed by atoms with Gasteiger partial charge in [-0.05, 0) is 55.6 Å². The third kappa shape index (κ3) is 4.68. The van der Waals surface area contributed by atoms with Crippen LogP contribution in [0.5, 0.6) is 0 Å². The first kappa shape index (κ1) is 25.3. The number of benzene rings is 1. The quantitative estimate of drug-likeness (QED) is 0.340. The summed E-state index contributed by atoms with van der Waals surface area (Å²) in [5, 5.41) is 0. The van der Waals surface area contributed by atoms with Gasteiger partial charge in [-0.3, -0.25) is 4.55 Å². The lowest BCUT2D eigenvalue weighted by Crippen LogP contribution is -2.62. The molecule has 0 aliphatic heterocycles. The van der Waals surface area contributed by atoms with Crippen molar-refractivity contribution in [3.8, 4) is 0 Å². The van der Waals surface area contributed by atoms with Gasteiger partial charge in [-0.25, -0.2) is 14.0 Å². The van der Waals surface area contributed by atoms with Crippen LogP contribution in [0, 0.1) is 11.8 Å². The fourth-order valence-corrected chi connectivity index (χ4v) is 6.78. The molecule has 4 aliphatic carbocycles. The summed E-state index contributed by atoms with van der Waals surface area (Å²) in [5.74, 6) is -2.11. The Kier molecular flexibility index (Phi) is 6.70. The van der Waals surface area contributed by atoms with Crippen molar-refractivity contribution in [1.82, 2.24) is 0 Å². The van der Waals surface area contributed by atoms with E-state index in [1.165, 1.54) is 0 Å². The largest absolute Gasteiger partial charge is 0.456 e. The molecule has 0 saturated heterocycles. The van der Waals surface area contributed by atoms with Crippen LogP contribution in [0.4, 0.5) is 4.39 Å². The van der Waals surface area contributed by atoms with Gasteiger partial charge in [0.2, 0.25) is 0 Å². The summed E-state index contributed by atoms with van der Waals surface area (Å²) < 4.78 is 56.4. The Bertz CT molecular complexity index is 1100. The second-order valence-electron chi connectivity index (χ2n) is 9.86. The van der Waals surface area contributed by atoms with Gasteiger partial charge in [0.1, 0.15) is 11.2 Å². The van der Waals surface area contributed by atoms with E-state index >= 15 is 0 Å². The minimum atomic E-state index is -5.24. The maximum absolute atomic E-state index is 13.9. The maximum atomic E-state index is 13.9. The number of carbonyl (C=O) groups excluding carboxylic acids is 2. The van der Waals surface area contributed by atoms with Crippen LogP contribution in [-0.2, 0) is 43.3 Å². The monoisotopic (exact) mass is 484 g/mol. The Morgan fingerprint density at radius 1 is 1.03 bits per heavy atom. The van der Waals surface area contributed by atoms with Gasteiger partial charge in [-0.15, -0.1) is 0 Å². The number of carbonyl (C=O) groups is 2. The van der Waals surface area contributed by atoms with E-state index in [-0.39, 0.29) is 42.8 Å². The molecular formula is C22H24B3FO7S. The first-order valence-corrected chi connectivity index (χ1v) is 12.7. The van der Waals surface area contributed by atoms with Crippen LogP contribution >= 0.6 is 0 Å². The molecule has 7 nitrogen and oxygen atoms in total. The Morgan fingerprint density at radius 3 is 2.12 bits per heavy atom. The lowest BCUT2D eigenvalue weighted by molar-refractivity contribution is -0.221. The first-order chi connectivity index (χ1) is 15.9. The number of esters is 2. The Balaban J connectivity index is 1.61. The average molecular weight is 484 g/mol. The van der Waals surface area contributed by atoms with Gasteiger partial charge in [0.15, 0.2) is 0 Å². The lowest BCUT2D eigenvalue weighted by Gasteiger charge is -2.60. The van der Waals surface area contributed by atoms with Crippen LogP contribution in [0.25, 0.3) is 0 Å². The van der Waals surface area contributed by atoms with E-state index in [9.17, 15) is 22.4 Å². The molecule has 1 aromatic rings. The molecule has 3 atom stereocenters. The van der Waals surface area contributed by atoms with Crippen LogP contribution in [0.3, 0.4) is 0 Å². The first-order valence-electron chi connectivity index (χ1n) is 11.2. The normalized spacial score (nSPS) is 30.6. The molecule has 4 bridgehead atoms. The van der Waals surface area contributed by atoms with Gasteiger partial charge in [0.05, 0.1) is 29.1 Å². The zero-order chi connectivity index (χ0) is 24.9. The van der Waals surface area contributed by atoms with E-state index in [0.717, 1.165) is 6.42 Å². The maximum Gasteiger partial charge on any atom is 0.359 e. The van der Waals surface area contributed by atoms with E-state index in [4.69, 9.17) is 37.6 Å². The predicted molar refractivity (Wildman–Crippen MR) is 123 cm³/mol. The number of rotatable bonds is 8. The van der Waals surface area contributed by atoms with Crippen LogP contribution in [-0.4, -0.2) is 65.2 Å². The van der Waals surface area contributed by atoms with Crippen molar-refractivity contribution in [3.05, 3.63) is 34.4 Å². The molecule has 34 heavy (non-hydrogen) atoms. The molecule has 6 radical (unpaired) electrons. The van der Waals surface area contributed by atoms with E-state index in [0.29, 0.717) is 42.4 Å². The Morgan fingerprint density at radius 2 is 1.62 bits per heavy atom. The van der Waals surface area contributed by atoms with Gasteiger partial charge < -0.3 is 9.47 Å². The molecule has 3 unspecified atom stereocenters. The van der Waals surface area contributed by atoms with Gasteiger partial charge in [-0.1, -0.05) is 36.2 Å². The summed E-state index contributed by atoms with van der Waals surface area (Å²) in [6, 6.07) is 3.44. The molecule has 1 aromatic carbocycles. The molecule has 4 fully saturated rings. The number of hydrogen-bond donors (Lipinski definition) is 1. The highest BCUT2D eigenvalue weighted by Gasteiger charge is 2.62. The predicted octanol–water partition coefficient (Wildman–Crippen LogP) is 1.67. The molecule has 0 heterocycles. The van der Waals surface area contributed by atoms with Gasteiger partial charge in [-0.2, -0.15) is 8.42 Å². The molecule has 0 spiro atoms. The summed E-state index contributed by atoms with van der Waals surface area (Å²) in [5.41, 5.74) is -3.02. The van der Waals surface area contributed by atoms with Gasteiger partial charge in [0.25, 0.3) is 0 Å². The molecule has 4 saturated carbocycles. The van der Waals surface area contributed by atoms with E-state index in [1.807, 2.05) is 0 Å². The van der Waals surface area contributed by atoms with Gasteiger partial charge >= 0.3 is 27.6 Å². The number of halogens is 1.